The predicted octanol–water partition coefficient (Wildman–Crippen LogP) is 4.45. The third-order valence-corrected chi connectivity index (χ3v) is 5.00. The Hall–Kier alpha value is -1.77. The molecule has 118 valence electrons. The molecule has 0 radical (unpaired) electrons. The molecule has 3 heteroatoms. The molecule has 3 rings (SSSR count). The normalized spacial score (nSPS) is 25.7. The first-order valence-electron chi connectivity index (χ1n) is 8.35. The van der Waals surface area contributed by atoms with Crippen LogP contribution >= 0.6 is 0 Å². The summed E-state index contributed by atoms with van der Waals surface area (Å²) in [7, 11) is 0. The number of hydrogen-bond donors (Lipinski definition) is 1. The van der Waals surface area contributed by atoms with Crippen LogP contribution in [0.2, 0.25) is 0 Å². The number of urea groups is 1. The van der Waals surface area contributed by atoms with Crippen LogP contribution < -0.4 is 5.32 Å². The largest absolute Gasteiger partial charge is 0.322 e. The van der Waals surface area contributed by atoms with Crippen LogP contribution in [0.3, 0.4) is 0 Å². The van der Waals surface area contributed by atoms with E-state index < -0.39 is 0 Å². The Morgan fingerprint density at radius 1 is 1.32 bits per heavy atom. The molecular weight excluding hydrogens is 272 g/mol. The molecule has 0 aliphatic heterocycles. The van der Waals surface area contributed by atoms with Crippen molar-refractivity contribution in [1.82, 2.24) is 4.90 Å². The van der Waals surface area contributed by atoms with Crippen molar-refractivity contribution in [3.8, 4) is 0 Å². The number of nitrogens with one attached hydrogen (secondary N) is 1. The lowest BCUT2D eigenvalue weighted by Gasteiger charge is -2.31. The first kappa shape index (κ1) is 15.1. The number of carbonyl (C=O) groups is 1. The van der Waals surface area contributed by atoms with Crippen LogP contribution in [0.4, 0.5) is 10.5 Å². The molecule has 0 spiro atoms. The number of aryl methyl sites for hydroxylation is 1. The molecule has 0 aromatic heterocycles. The lowest BCUT2D eigenvalue weighted by atomic mass is 9.93. The van der Waals surface area contributed by atoms with Gasteiger partial charge in [-0.25, -0.2) is 4.79 Å². The molecule has 3 atom stereocenters. The summed E-state index contributed by atoms with van der Waals surface area (Å²) < 4.78 is 0. The number of fused-ring (bicyclic) bond motifs is 2. The second kappa shape index (κ2) is 6.15. The Balaban J connectivity index is 1.65. The standard InChI is InChI=1S/C19H26N2O/c1-13(2)21(12-17-11-15-7-8-16(17)10-15)19(22)20-18-6-4-5-14(3)9-18/h4-9,13,15-17H,10-12H2,1-3H3,(H,20,22). The highest BCUT2D eigenvalue weighted by molar-refractivity contribution is 5.89. The molecule has 2 aliphatic rings. The zero-order valence-electron chi connectivity index (χ0n) is 13.8. The van der Waals surface area contributed by atoms with Crippen molar-refractivity contribution in [3.63, 3.8) is 0 Å². The molecule has 3 unspecified atom stereocenters. The van der Waals surface area contributed by atoms with Crippen LogP contribution in [-0.4, -0.2) is 23.5 Å². The van der Waals surface area contributed by atoms with Crippen LogP contribution in [0.25, 0.3) is 0 Å². The predicted molar refractivity (Wildman–Crippen MR) is 90.9 cm³/mol. The van der Waals surface area contributed by atoms with Gasteiger partial charge in [-0.3, -0.25) is 0 Å². The van der Waals surface area contributed by atoms with Gasteiger partial charge in [0, 0.05) is 18.3 Å². The van der Waals surface area contributed by atoms with E-state index in [0.29, 0.717) is 11.8 Å². The lowest BCUT2D eigenvalue weighted by molar-refractivity contribution is 0.178. The Kier molecular flexibility index (Phi) is 4.23. The van der Waals surface area contributed by atoms with E-state index >= 15 is 0 Å². The van der Waals surface area contributed by atoms with E-state index in [1.165, 1.54) is 12.8 Å². The SMILES string of the molecule is Cc1cccc(NC(=O)N(CC2CC3C=CC2C3)C(C)C)c1. The minimum absolute atomic E-state index is 0.0207. The lowest BCUT2D eigenvalue weighted by Crippen LogP contribution is -2.43. The van der Waals surface area contributed by atoms with Crippen molar-refractivity contribution in [2.45, 2.75) is 39.7 Å². The summed E-state index contributed by atoms with van der Waals surface area (Å²) in [6, 6.07) is 8.21. The summed E-state index contributed by atoms with van der Waals surface area (Å²) in [5.74, 6) is 2.06. The number of allylic oxidation sites excluding steroid dienone is 2. The molecule has 1 fully saturated rings. The van der Waals surface area contributed by atoms with Crippen LogP contribution in [-0.2, 0) is 0 Å². The molecule has 1 saturated carbocycles. The van der Waals surface area contributed by atoms with Gasteiger partial charge in [0.25, 0.3) is 0 Å². The van der Waals surface area contributed by atoms with Gasteiger partial charge >= 0.3 is 6.03 Å². The number of carbonyl (C=O) groups excluding carboxylic acids is 1. The molecule has 0 saturated heterocycles. The smallest absolute Gasteiger partial charge is 0.322 e. The van der Waals surface area contributed by atoms with Crippen LogP contribution in [0.1, 0.15) is 32.3 Å². The topological polar surface area (TPSA) is 32.3 Å². The molecule has 0 heterocycles. The highest BCUT2D eigenvalue weighted by Crippen LogP contribution is 2.43. The molecule has 2 aliphatic carbocycles. The summed E-state index contributed by atoms with van der Waals surface area (Å²) in [4.78, 5) is 14.6. The third kappa shape index (κ3) is 3.18. The molecule has 22 heavy (non-hydrogen) atoms. The minimum Gasteiger partial charge on any atom is -0.322 e. The van der Waals surface area contributed by atoms with Crippen molar-refractivity contribution in [3.05, 3.63) is 42.0 Å². The number of benzene rings is 1. The third-order valence-electron chi connectivity index (χ3n) is 5.00. The first-order valence-corrected chi connectivity index (χ1v) is 8.35. The maximum atomic E-state index is 12.7. The highest BCUT2D eigenvalue weighted by Gasteiger charge is 2.37. The van der Waals surface area contributed by atoms with Crippen molar-refractivity contribution in [2.75, 3.05) is 11.9 Å². The molecule has 1 aromatic carbocycles. The molecular formula is C19H26N2O. The number of hydrogen-bond acceptors (Lipinski definition) is 1. The van der Waals surface area contributed by atoms with Gasteiger partial charge < -0.3 is 10.2 Å². The van der Waals surface area contributed by atoms with E-state index in [0.717, 1.165) is 23.7 Å². The second-order valence-corrected chi connectivity index (χ2v) is 7.09. The fourth-order valence-corrected chi connectivity index (χ4v) is 3.80. The van der Waals surface area contributed by atoms with Crippen LogP contribution in [0.15, 0.2) is 36.4 Å². The molecule has 2 bridgehead atoms. The van der Waals surface area contributed by atoms with Gasteiger partial charge in [0.1, 0.15) is 0 Å². The van der Waals surface area contributed by atoms with Crippen molar-refractivity contribution < 1.29 is 4.79 Å². The van der Waals surface area contributed by atoms with Gasteiger partial charge in [0.05, 0.1) is 0 Å². The van der Waals surface area contributed by atoms with Gasteiger partial charge in [-0.15, -0.1) is 0 Å². The zero-order valence-corrected chi connectivity index (χ0v) is 13.8. The maximum absolute atomic E-state index is 12.7. The number of nitrogens with zero attached hydrogens (tertiary/aromatic N) is 1. The van der Waals surface area contributed by atoms with Crippen molar-refractivity contribution in [2.24, 2.45) is 17.8 Å². The van der Waals surface area contributed by atoms with Gasteiger partial charge in [-0.05, 0) is 69.1 Å². The van der Waals surface area contributed by atoms with E-state index in [4.69, 9.17) is 0 Å². The molecule has 2 amide bonds. The quantitative estimate of drug-likeness (QED) is 0.818. The van der Waals surface area contributed by atoms with E-state index in [9.17, 15) is 4.79 Å². The summed E-state index contributed by atoms with van der Waals surface area (Å²) in [6.07, 6.45) is 7.24. The Bertz CT molecular complexity index is 579. The molecule has 1 aromatic rings. The average molecular weight is 298 g/mol. The Labute approximate surface area is 133 Å². The van der Waals surface area contributed by atoms with Gasteiger partial charge in [0.2, 0.25) is 0 Å². The average Bonchev–Trinajstić information content (AvgIpc) is 3.06. The van der Waals surface area contributed by atoms with E-state index in [-0.39, 0.29) is 12.1 Å². The van der Waals surface area contributed by atoms with E-state index in [2.05, 4.69) is 31.3 Å². The minimum atomic E-state index is 0.0207. The highest BCUT2D eigenvalue weighted by atomic mass is 16.2. The summed E-state index contributed by atoms with van der Waals surface area (Å²) >= 11 is 0. The van der Waals surface area contributed by atoms with Crippen LogP contribution in [0.5, 0.6) is 0 Å². The molecule has 3 nitrogen and oxygen atoms in total. The van der Waals surface area contributed by atoms with Gasteiger partial charge in [0.15, 0.2) is 0 Å². The maximum Gasteiger partial charge on any atom is 0.322 e. The van der Waals surface area contributed by atoms with E-state index in [1.54, 1.807) is 0 Å². The number of amides is 2. The zero-order chi connectivity index (χ0) is 15.7. The van der Waals surface area contributed by atoms with Crippen LogP contribution in [0, 0.1) is 24.7 Å². The summed E-state index contributed by atoms with van der Waals surface area (Å²) in [5, 5.41) is 3.05. The monoisotopic (exact) mass is 298 g/mol. The summed E-state index contributed by atoms with van der Waals surface area (Å²) in [6.45, 7) is 7.09. The Morgan fingerprint density at radius 2 is 2.14 bits per heavy atom. The van der Waals surface area contributed by atoms with Crippen molar-refractivity contribution in [1.29, 1.82) is 0 Å². The Morgan fingerprint density at radius 3 is 2.73 bits per heavy atom. The van der Waals surface area contributed by atoms with Gasteiger partial charge in [-0.1, -0.05) is 24.3 Å². The molecule has 1 N–H and O–H groups in total. The fraction of sp³-hybridized carbons (Fsp3) is 0.526. The second-order valence-electron chi connectivity index (χ2n) is 7.09. The fourth-order valence-electron chi connectivity index (χ4n) is 3.80. The van der Waals surface area contributed by atoms with E-state index in [1.807, 2.05) is 36.1 Å². The number of rotatable bonds is 4. The summed E-state index contributed by atoms with van der Waals surface area (Å²) in [5.41, 5.74) is 2.04. The van der Waals surface area contributed by atoms with Gasteiger partial charge in [-0.2, -0.15) is 0 Å². The van der Waals surface area contributed by atoms with Crippen molar-refractivity contribution >= 4 is 11.7 Å². The number of anilines is 1. The first-order chi connectivity index (χ1) is 10.5.